The fourth-order valence-electron chi connectivity index (χ4n) is 0.590. The van der Waals surface area contributed by atoms with E-state index in [0.29, 0.717) is 6.54 Å². The maximum atomic E-state index is 10.5. The number of amides is 1. The molecule has 0 aliphatic carbocycles. The number of nitrogens with one attached hydrogen (secondary N) is 1. The summed E-state index contributed by atoms with van der Waals surface area (Å²) < 4.78 is 0. The van der Waals surface area contributed by atoms with Crippen molar-refractivity contribution in [2.24, 2.45) is 4.99 Å². The predicted octanol–water partition coefficient (Wildman–Crippen LogP) is 1.28. The maximum Gasteiger partial charge on any atom is 0.217 e. The first-order valence-corrected chi connectivity index (χ1v) is 3.73. The SMILES string of the molecule is C=N/C(=C\C=C/C)CNC(C)=O. The van der Waals surface area contributed by atoms with Crippen molar-refractivity contribution in [2.45, 2.75) is 13.8 Å². The molecule has 0 heterocycles. The van der Waals surface area contributed by atoms with Crippen LogP contribution in [0.3, 0.4) is 0 Å². The van der Waals surface area contributed by atoms with Crippen LogP contribution in [0.4, 0.5) is 0 Å². The highest BCUT2D eigenvalue weighted by atomic mass is 16.1. The molecule has 0 aliphatic heterocycles. The molecule has 3 nitrogen and oxygen atoms in total. The summed E-state index contributed by atoms with van der Waals surface area (Å²) in [6, 6.07) is 0. The van der Waals surface area contributed by atoms with E-state index in [0.717, 1.165) is 5.70 Å². The van der Waals surface area contributed by atoms with Crippen molar-refractivity contribution in [2.75, 3.05) is 6.54 Å². The van der Waals surface area contributed by atoms with Gasteiger partial charge in [0.25, 0.3) is 0 Å². The minimum atomic E-state index is -0.0648. The zero-order valence-corrected chi connectivity index (χ0v) is 7.50. The highest BCUT2D eigenvalue weighted by Gasteiger charge is 1.92. The van der Waals surface area contributed by atoms with E-state index in [-0.39, 0.29) is 5.91 Å². The lowest BCUT2D eigenvalue weighted by atomic mass is 10.3. The van der Waals surface area contributed by atoms with Crippen LogP contribution in [0.2, 0.25) is 0 Å². The third-order valence-corrected chi connectivity index (χ3v) is 1.20. The molecule has 0 spiro atoms. The summed E-state index contributed by atoms with van der Waals surface area (Å²) in [5.41, 5.74) is 0.753. The Morgan fingerprint density at radius 1 is 1.67 bits per heavy atom. The Balaban J connectivity index is 3.99. The molecule has 0 fully saturated rings. The lowest BCUT2D eigenvalue weighted by Crippen LogP contribution is -2.21. The lowest BCUT2D eigenvalue weighted by Gasteiger charge is -2.00. The van der Waals surface area contributed by atoms with Gasteiger partial charge in [0.2, 0.25) is 5.91 Å². The molecule has 0 aromatic carbocycles. The molecule has 0 bridgehead atoms. The van der Waals surface area contributed by atoms with E-state index < -0.39 is 0 Å². The number of hydrogen-bond acceptors (Lipinski definition) is 2. The van der Waals surface area contributed by atoms with Gasteiger partial charge in [-0.1, -0.05) is 12.2 Å². The standard InChI is InChI=1S/C9H14N2O/c1-4-5-6-9(10-3)7-11-8(2)12/h4-6H,3,7H2,1-2H3,(H,11,12)/b5-4-,9-6-. The Hall–Kier alpha value is -1.38. The minimum absolute atomic E-state index is 0.0648. The summed E-state index contributed by atoms with van der Waals surface area (Å²) in [6.07, 6.45) is 5.55. The van der Waals surface area contributed by atoms with Crippen LogP contribution in [0.1, 0.15) is 13.8 Å². The molecule has 12 heavy (non-hydrogen) atoms. The Bertz CT molecular complexity index is 217. The van der Waals surface area contributed by atoms with Crippen molar-refractivity contribution in [3.8, 4) is 0 Å². The van der Waals surface area contributed by atoms with E-state index in [9.17, 15) is 4.79 Å². The van der Waals surface area contributed by atoms with Crippen LogP contribution >= 0.6 is 0 Å². The van der Waals surface area contributed by atoms with Crippen molar-refractivity contribution < 1.29 is 4.79 Å². The largest absolute Gasteiger partial charge is 0.351 e. The third-order valence-electron chi connectivity index (χ3n) is 1.20. The summed E-state index contributed by atoms with van der Waals surface area (Å²) in [7, 11) is 0. The van der Waals surface area contributed by atoms with Crippen LogP contribution in [-0.4, -0.2) is 19.2 Å². The molecule has 0 unspecified atom stereocenters. The van der Waals surface area contributed by atoms with Crippen LogP contribution in [0.15, 0.2) is 28.9 Å². The first-order valence-electron chi connectivity index (χ1n) is 3.73. The van der Waals surface area contributed by atoms with Crippen molar-refractivity contribution in [3.05, 3.63) is 23.9 Å². The quantitative estimate of drug-likeness (QED) is 0.496. The van der Waals surface area contributed by atoms with E-state index in [2.05, 4.69) is 17.0 Å². The number of rotatable bonds is 4. The van der Waals surface area contributed by atoms with Gasteiger partial charge < -0.3 is 5.32 Å². The van der Waals surface area contributed by atoms with Gasteiger partial charge in [-0.2, -0.15) is 0 Å². The number of carbonyl (C=O) groups is 1. The highest BCUT2D eigenvalue weighted by molar-refractivity contribution is 5.73. The van der Waals surface area contributed by atoms with Crippen LogP contribution < -0.4 is 5.32 Å². The summed E-state index contributed by atoms with van der Waals surface area (Å²) in [4.78, 5) is 14.3. The molecule has 3 heteroatoms. The highest BCUT2D eigenvalue weighted by Crippen LogP contribution is 1.93. The molecule has 0 atom stereocenters. The molecular formula is C9H14N2O. The Kier molecular flexibility index (Phi) is 5.61. The number of allylic oxidation sites excluding steroid dienone is 3. The monoisotopic (exact) mass is 166 g/mol. The van der Waals surface area contributed by atoms with Gasteiger partial charge in [-0.3, -0.25) is 9.79 Å². The van der Waals surface area contributed by atoms with E-state index in [1.807, 2.05) is 25.2 Å². The van der Waals surface area contributed by atoms with Gasteiger partial charge in [0, 0.05) is 6.92 Å². The van der Waals surface area contributed by atoms with Gasteiger partial charge in [-0.25, -0.2) is 0 Å². The van der Waals surface area contributed by atoms with E-state index >= 15 is 0 Å². The molecule has 0 radical (unpaired) electrons. The van der Waals surface area contributed by atoms with Gasteiger partial charge in [-0.15, -0.1) is 0 Å². The Morgan fingerprint density at radius 2 is 2.33 bits per heavy atom. The molecule has 0 rings (SSSR count). The van der Waals surface area contributed by atoms with Gasteiger partial charge >= 0.3 is 0 Å². The molecule has 0 saturated heterocycles. The average Bonchev–Trinajstić information content (AvgIpc) is 2.05. The molecule has 0 saturated carbocycles. The van der Waals surface area contributed by atoms with Gasteiger partial charge in [0.15, 0.2) is 0 Å². The molecule has 1 amide bonds. The second-order valence-corrected chi connectivity index (χ2v) is 2.25. The average molecular weight is 166 g/mol. The summed E-state index contributed by atoms with van der Waals surface area (Å²) in [5.74, 6) is -0.0648. The molecular weight excluding hydrogens is 152 g/mol. The summed E-state index contributed by atoms with van der Waals surface area (Å²) >= 11 is 0. The zero-order valence-electron chi connectivity index (χ0n) is 7.50. The molecule has 66 valence electrons. The smallest absolute Gasteiger partial charge is 0.217 e. The van der Waals surface area contributed by atoms with Crippen molar-refractivity contribution >= 4 is 12.6 Å². The van der Waals surface area contributed by atoms with Gasteiger partial charge in [-0.05, 0) is 19.7 Å². The van der Waals surface area contributed by atoms with E-state index in [1.54, 1.807) is 0 Å². The number of nitrogens with zero attached hydrogens (tertiary/aromatic N) is 1. The first kappa shape index (κ1) is 10.6. The molecule has 0 aliphatic rings. The number of carbonyl (C=O) groups excluding carboxylic acids is 1. The molecule has 1 N–H and O–H groups in total. The van der Waals surface area contributed by atoms with Crippen molar-refractivity contribution in [1.82, 2.24) is 5.32 Å². The topological polar surface area (TPSA) is 41.5 Å². The Morgan fingerprint density at radius 3 is 2.75 bits per heavy atom. The van der Waals surface area contributed by atoms with Crippen LogP contribution in [-0.2, 0) is 4.79 Å². The third kappa shape index (κ3) is 5.41. The van der Waals surface area contributed by atoms with Crippen molar-refractivity contribution in [1.29, 1.82) is 0 Å². The lowest BCUT2D eigenvalue weighted by molar-refractivity contribution is -0.118. The van der Waals surface area contributed by atoms with Gasteiger partial charge in [0.05, 0.1) is 12.2 Å². The molecule has 0 aromatic heterocycles. The van der Waals surface area contributed by atoms with Gasteiger partial charge in [0.1, 0.15) is 0 Å². The molecule has 0 aromatic rings. The number of aliphatic imine (C=N–C) groups is 1. The fourth-order valence-corrected chi connectivity index (χ4v) is 0.590. The minimum Gasteiger partial charge on any atom is -0.351 e. The summed E-state index contributed by atoms with van der Waals surface area (Å²) in [6.45, 7) is 7.20. The maximum absolute atomic E-state index is 10.5. The normalized spacial score (nSPS) is 11.7. The Labute approximate surface area is 72.9 Å². The first-order chi connectivity index (χ1) is 5.70. The van der Waals surface area contributed by atoms with Crippen LogP contribution in [0, 0.1) is 0 Å². The second kappa shape index (κ2) is 6.34. The fraction of sp³-hybridized carbons (Fsp3) is 0.333. The van der Waals surface area contributed by atoms with Crippen LogP contribution in [0.25, 0.3) is 0 Å². The predicted molar refractivity (Wildman–Crippen MR) is 51.1 cm³/mol. The second-order valence-electron chi connectivity index (χ2n) is 2.25. The summed E-state index contributed by atoms with van der Waals surface area (Å²) in [5, 5.41) is 2.63. The van der Waals surface area contributed by atoms with E-state index in [4.69, 9.17) is 0 Å². The van der Waals surface area contributed by atoms with Crippen molar-refractivity contribution in [3.63, 3.8) is 0 Å². The van der Waals surface area contributed by atoms with Crippen LogP contribution in [0.5, 0.6) is 0 Å². The zero-order chi connectivity index (χ0) is 9.40. The number of hydrogen-bond donors (Lipinski definition) is 1. The van der Waals surface area contributed by atoms with E-state index in [1.165, 1.54) is 6.92 Å².